The number of hydrogen-bond donors (Lipinski definition) is 1. The van der Waals surface area contributed by atoms with E-state index in [1.165, 1.54) is 23.5 Å². The van der Waals surface area contributed by atoms with Gasteiger partial charge in [-0.25, -0.2) is 0 Å². The second kappa shape index (κ2) is 4.29. The minimum absolute atomic E-state index is 0.137. The number of rotatable bonds is 2. The van der Waals surface area contributed by atoms with Crippen LogP contribution in [0.15, 0.2) is 5.16 Å². The molecule has 0 amide bonds. The first-order valence-electron chi connectivity index (χ1n) is 3.17. The third-order valence-corrected chi connectivity index (χ3v) is 2.13. The van der Waals surface area contributed by atoms with Crippen molar-refractivity contribution in [2.24, 2.45) is 11.0 Å². The molecule has 0 aromatic rings. The summed E-state index contributed by atoms with van der Waals surface area (Å²) in [5, 5.41) is 3.48. The molecule has 0 bridgehead atoms. The third kappa shape index (κ3) is 2.10. The van der Waals surface area contributed by atoms with Gasteiger partial charge in [-0.3, -0.25) is 10.6 Å². The molecular formula is C5H9N4O2S. The Bertz CT molecular complexity index is 198. The normalized spacial score (nSPS) is 19.8. The van der Waals surface area contributed by atoms with Crippen molar-refractivity contribution in [2.45, 2.75) is 0 Å². The monoisotopic (exact) mass is 189 g/mol. The smallest absolute Gasteiger partial charge is 0.275 e. The van der Waals surface area contributed by atoms with Gasteiger partial charge in [-0.1, -0.05) is 5.16 Å². The van der Waals surface area contributed by atoms with Crippen molar-refractivity contribution in [3.63, 3.8) is 0 Å². The van der Waals surface area contributed by atoms with Crippen LogP contribution in [0.5, 0.6) is 0 Å². The molecule has 0 aliphatic carbocycles. The Morgan fingerprint density at radius 2 is 2.58 bits per heavy atom. The third-order valence-electron chi connectivity index (χ3n) is 1.26. The summed E-state index contributed by atoms with van der Waals surface area (Å²) in [7, 11) is 1.38. The average molecular weight is 189 g/mol. The molecule has 0 spiro atoms. The van der Waals surface area contributed by atoms with Crippen molar-refractivity contribution in [3.05, 3.63) is 0 Å². The molecule has 67 valence electrons. The SMILES string of the molecule is CON=C([C]=O)N1CSN(N)C1. The molecule has 1 aliphatic heterocycles. The molecule has 6 nitrogen and oxygen atoms in total. The molecule has 0 aromatic carbocycles. The largest absolute Gasteiger partial charge is 0.397 e. The minimum atomic E-state index is 0.137. The first-order valence-corrected chi connectivity index (χ1v) is 4.11. The van der Waals surface area contributed by atoms with Gasteiger partial charge < -0.3 is 9.74 Å². The summed E-state index contributed by atoms with van der Waals surface area (Å²) in [5.41, 5.74) is 0. The molecule has 0 aromatic heterocycles. The number of hydrogen-bond acceptors (Lipinski definition) is 6. The van der Waals surface area contributed by atoms with Crippen molar-refractivity contribution in [1.82, 2.24) is 9.31 Å². The summed E-state index contributed by atoms with van der Waals surface area (Å²) in [6, 6.07) is 0. The van der Waals surface area contributed by atoms with Crippen LogP contribution in [-0.4, -0.2) is 41.1 Å². The van der Waals surface area contributed by atoms with Crippen LogP contribution in [0.1, 0.15) is 0 Å². The second-order valence-corrected chi connectivity index (χ2v) is 3.04. The van der Waals surface area contributed by atoms with Gasteiger partial charge in [0.2, 0.25) is 5.84 Å². The van der Waals surface area contributed by atoms with Gasteiger partial charge in [-0.15, -0.1) is 0 Å². The number of oxime groups is 1. The average Bonchev–Trinajstić information content (AvgIpc) is 2.47. The van der Waals surface area contributed by atoms with Crippen LogP contribution in [-0.2, 0) is 9.63 Å². The van der Waals surface area contributed by atoms with Crippen LogP contribution in [0.25, 0.3) is 0 Å². The first kappa shape index (κ1) is 9.30. The van der Waals surface area contributed by atoms with Crippen molar-refractivity contribution in [3.8, 4) is 0 Å². The summed E-state index contributed by atoms with van der Waals surface area (Å²) in [6.45, 7) is 0.447. The van der Waals surface area contributed by atoms with Crippen LogP contribution in [0, 0.1) is 0 Å². The van der Waals surface area contributed by atoms with Crippen LogP contribution < -0.4 is 5.84 Å². The van der Waals surface area contributed by atoms with E-state index in [1.807, 2.05) is 0 Å². The van der Waals surface area contributed by atoms with E-state index in [9.17, 15) is 4.79 Å². The van der Waals surface area contributed by atoms with Gasteiger partial charge >= 0.3 is 0 Å². The van der Waals surface area contributed by atoms with Crippen molar-refractivity contribution < 1.29 is 9.63 Å². The van der Waals surface area contributed by atoms with Gasteiger partial charge in [0.1, 0.15) is 7.11 Å². The molecule has 1 aliphatic rings. The van der Waals surface area contributed by atoms with Gasteiger partial charge in [0, 0.05) is 0 Å². The number of carbonyl (C=O) groups excluding carboxylic acids is 1. The van der Waals surface area contributed by atoms with Crippen LogP contribution in [0.2, 0.25) is 0 Å². The van der Waals surface area contributed by atoms with Crippen molar-refractivity contribution in [1.29, 1.82) is 0 Å². The molecular weight excluding hydrogens is 180 g/mol. The molecule has 0 atom stereocenters. The van der Waals surface area contributed by atoms with E-state index in [1.54, 1.807) is 11.2 Å². The quantitative estimate of drug-likeness (QED) is 0.200. The van der Waals surface area contributed by atoms with E-state index in [0.29, 0.717) is 12.5 Å². The predicted octanol–water partition coefficient (Wildman–Crippen LogP) is -0.889. The maximum absolute atomic E-state index is 10.3. The Balaban J connectivity index is 2.55. The summed E-state index contributed by atoms with van der Waals surface area (Å²) in [6.07, 6.45) is 1.67. The van der Waals surface area contributed by atoms with E-state index in [2.05, 4.69) is 9.99 Å². The zero-order chi connectivity index (χ0) is 8.97. The fourth-order valence-corrected chi connectivity index (χ4v) is 1.46. The maximum atomic E-state index is 10.3. The number of hydrazine groups is 1. The highest BCUT2D eigenvalue weighted by molar-refractivity contribution is 7.97. The van der Waals surface area contributed by atoms with Crippen LogP contribution >= 0.6 is 11.9 Å². The van der Waals surface area contributed by atoms with Gasteiger partial charge in [-0.05, 0) is 11.9 Å². The molecule has 0 unspecified atom stereocenters. The Morgan fingerprint density at radius 3 is 3.00 bits per heavy atom. The van der Waals surface area contributed by atoms with E-state index >= 15 is 0 Å². The molecule has 1 rings (SSSR count). The second-order valence-electron chi connectivity index (χ2n) is 2.06. The first-order chi connectivity index (χ1) is 5.77. The lowest BCUT2D eigenvalue weighted by Crippen LogP contribution is -2.34. The summed E-state index contributed by atoms with van der Waals surface area (Å²) in [5.74, 6) is 6.17. The predicted molar refractivity (Wildman–Crippen MR) is 45.3 cm³/mol. The zero-order valence-corrected chi connectivity index (χ0v) is 7.37. The molecule has 1 heterocycles. The molecule has 7 heteroatoms. The Morgan fingerprint density at radius 1 is 1.83 bits per heavy atom. The number of nitrogens with zero attached hydrogens (tertiary/aromatic N) is 3. The molecule has 1 radical (unpaired) electrons. The zero-order valence-electron chi connectivity index (χ0n) is 6.56. The maximum Gasteiger partial charge on any atom is 0.275 e. The molecule has 1 saturated heterocycles. The summed E-state index contributed by atoms with van der Waals surface area (Å²) < 4.78 is 1.50. The van der Waals surface area contributed by atoms with Crippen molar-refractivity contribution in [2.75, 3.05) is 19.7 Å². The molecule has 1 fully saturated rings. The fourth-order valence-electron chi connectivity index (χ4n) is 0.749. The standard InChI is InChI=1S/C5H9N4O2S/c1-11-7-5(2-10)8-3-9(6)12-4-8/h3-4,6H2,1H3. The van der Waals surface area contributed by atoms with E-state index in [0.717, 1.165) is 0 Å². The molecule has 2 N–H and O–H groups in total. The van der Waals surface area contributed by atoms with E-state index in [4.69, 9.17) is 5.84 Å². The minimum Gasteiger partial charge on any atom is -0.397 e. The molecule has 0 saturated carbocycles. The highest BCUT2D eigenvalue weighted by Crippen LogP contribution is 2.16. The number of amidine groups is 1. The van der Waals surface area contributed by atoms with E-state index in [-0.39, 0.29) is 5.84 Å². The number of nitrogens with two attached hydrogens (primary N) is 1. The Hall–Kier alpha value is -0.790. The van der Waals surface area contributed by atoms with Gasteiger partial charge in [-0.2, -0.15) is 4.41 Å². The van der Waals surface area contributed by atoms with E-state index < -0.39 is 0 Å². The molecule has 12 heavy (non-hydrogen) atoms. The van der Waals surface area contributed by atoms with Crippen LogP contribution in [0.4, 0.5) is 0 Å². The topological polar surface area (TPSA) is 71.2 Å². The lowest BCUT2D eigenvalue weighted by Gasteiger charge is -2.12. The Kier molecular flexibility index (Phi) is 3.32. The Labute approximate surface area is 74.4 Å². The highest BCUT2D eigenvalue weighted by atomic mass is 32.2. The highest BCUT2D eigenvalue weighted by Gasteiger charge is 2.21. The lowest BCUT2D eigenvalue weighted by atomic mass is 10.6. The summed E-state index contributed by atoms with van der Waals surface area (Å²) >= 11 is 1.40. The van der Waals surface area contributed by atoms with Gasteiger partial charge in [0.05, 0.1) is 12.5 Å². The van der Waals surface area contributed by atoms with Crippen LogP contribution in [0.3, 0.4) is 0 Å². The fraction of sp³-hybridized carbons (Fsp3) is 0.600. The summed E-state index contributed by atoms with van der Waals surface area (Å²) in [4.78, 5) is 16.5. The lowest BCUT2D eigenvalue weighted by molar-refractivity contribution is 0.206. The van der Waals surface area contributed by atoms with Gasteiger partial charge in [0.15, 0.2) is 0 Å². The van der Waals surface area contributed by atoms with Gasteiger partial charge in [0.25, 0.3) is 6.29 Å². The van der Waals surface area contributed by atoms with Crippen molar-refractivity contribution >= 4 is 24.1 Å².